The third-order valence-corrected chi connectivity index (χ3v) is 1.85. The highest BCUT2D eigenvalue weighted by Crippen LogP contribution is 1.94. The molecular weight excluding hydrogens is 196 g/mol. The van der Waals surface area contributed by atoms with Gasteiger partial charge in [-0.3, -0.25) is 4.79 Å². The third kappa shape index (κ3) is 7.54. The molecule has 0 aromatic heterocycles. The van der Waals surface area contributed by atoms with E-state index in [1.807, 2.05) is 13.8 Å². The first kappa shape index (κ1) is 13.5. The van der Waals surface area contributed by atoms with E-state index in [-0.39, 0.29) is 25.0 Å². The summed E-state index contributed by atoms with van der Waals surface area (Å²) >= 11 is 0. The molecule has 5 nitrogen and oxygen atoms in total. The van der Waals surface area contributed by atoms with Crippen molar-refractivity contribution in [2.45, 2.75) is 26.7 Å². The van der Waals surface area contributed by atoms with E-state index in [2.05, 4.69) is 15.4 Å². The Balaban J connectivity index is 3.63. The number of methoxy groups -OCH3 is 1. The van der Waals surface area contributed by atoms with Crippen LogP contribution in [-0.4, -0.2) is 25.7 Å². The maximum atomic E-state index is 11.1. The van der Waals surface area contributed by atoms with Gasteiger partial charge < -0.3 is 15.4 Å². The molecule has 0 atom stereocenters. The molecule has 15 heavy (non-hydrogen) atoms. The van der Waals surface area contributed by atoms with Crippen LogP contribution in [0.15, 0.2) is 11.8 Å². The van der Waals surface area contributed by atoms with E-state index < -0.39 is 0 Å². The first-order chi connectivity index (χ1) is 7.10. The van der Waals surface area contributed by atoms with Crippen LogP contribution in [0.4, 0.5) is 4.79 Å². The Morgan fingerprint density at radius 2 is 2.07 bits per heavy atom. The van der Waals surface area contributed by atoms with Gasteiger partial charge in [0.1, 0.15) is 0 Å². The second-order valence-corrected chi connectivity index (χ2v) is 3.07. The number of carbonyl (C=O) groups excluding carboxylic acids is 2. The van der Waals surface area contributed by atoms with Gasteiger partial charge in [-0.2, -0.15) is 0 Å². The molecule has 0 rings (SSSR count). The van der Waals surface area contributed by atoms with Gasteiger partial charge in [0, 0.05) is 12.7 Å². The van der Waals surface area contributed by atoms with E-state index >= 15 is 0 Å². The van der Waals surface area contributed by atoms with Crippen molar-refractivity contribution in [2.24, 2.45) is 0 Å². The molecule has 0 unspecified atom stereocenters. The summed E-state index contributed by atoms with van der Waals surface area (Å²) in [5.74, 6) is -0.337. The summed E-state index contributed by atoms with van der Waals surface area (Å²) < 4.78 is 4.43. The fraction of sp³-hybridized carbons (Fsp3) is 0.600. The van der Waals surface area contributed by atoms with Crippen LogP contribution in [0, 0.1) is 0 Å². The molecule has 2 amide bonds. The molecule has 0 bridgehead atoms. The Hall–Kier alpha value is -1.52. The van der Waals surface area contributed by atoms with Gasteiger partial charge >= 0.3 is 12.0 Å². The van der Waals surface area contributed by atoms with E-state index in [1.165, 1.54) is 7.11 Å². The minimum absolute atomic E-state index is 0.181. The first-order valence-electron chi connectivity index (χ1n) is 4.87. The molecule has 0 radical (unpaired) electrons. The number of hydrogen-bond donors (Lipinski definition) is 2. The summed E-state index contributed by atoms with van der Waals surface area (Å²) in [6.45, 7) is 4.20. The van der Waals surface area contributed by atoms with E-state index in [0.29, 0.717) is 0 Å². The number of hydrogen-bond acceptors (Lipinski definition) is 3. The van der Waals surface area contributed by atoms with Crippen LogP contribution in [0.5, 0.6) is 0 Å². The van der Waals surface area contributed by atoms with Crippen LogP contribution in [-0.2, 0) is 9.53 Å². The van der Waals surface area contributed by atoms with Gasteiger partial charge in [0.05, 0.1) is 13.5 Å². The second kappa shape index (κ2) is 7.84. The lowest BCUT2D eigenvalue weighted by Gasteiger charge is -2.04. The molecule has 0 aromatic rings. The highest BCUT2D eigenvalue weighted by atomic mass is 16.5. The zero-order chi connectivity index (χ0) is 11.7. The minimum Gasteiger partial charge on any atom is -0.469 e. The maximum absolute atomic E-state index is 11.1. The molecule has 0 fully saturated rings. The van der Waals surface area contributed by atoms with Crippen molar-refractivity contribution in [1.82, 2.24) is 10.6 Å². The number of nitrogens with one attached hydrogen (secondary N) is 2. The monoisotopic (exact) mass is 214 g/mol. The highest BCUT2D eigenvalue weighted by molar-refractivity contribution is 5.76. The molecule has 0 aliphatic heterocycles. The third-order valence-electron chi connectivity index (χ3n) is 1.85. The Kier molecular flexibility index (Phi) is 7.05. The van der Waals surface area contributed by atoms with Crippen molar-refractivity contribution in [3.63, 3.8) is 0 Å². The molecule has 0 aliphatic rings. The molecule has 0 saturated carbocycles. The Labute approximate surface area is 89.9 Å². The minimum atomic E-state index is -0.337. The molecule has 0 heterocycles. The number of esters is 1. The standard InChI is InChI=1S/C10H18N2O3/c1-4-8(2)7-12-10(14)11-6-5-9(13)15-3/h7H,4-6H2,1-3H3,(H2,11,12,14)/b8-7+. The highest BCUT2D eigenvalue weighted by Gasteiger charge is 2.01. The lowest BCUT2D eigenvalue weighted by molar-refractivity contribution is -0.140. The van der Waals surface area contributed by atoms with Crippen LogP contribution in [0.1, 0.15) is 26.7 Å². The number of amides is 2. The van der Waals surface area contributed by atoms with Crippen LogP contribution in [0.3, 0.4) is 0 Å². The van der Waals surface area contributed by atoms with E-state index in [0.717, 1.165) is 12.0 Å². The second-order valence-electron chi connectivity index (χ2n) is 3.07. The van der Waals surface area contributed by atoms with Crippen molar-refractivity contribution in [2.75, 3.05) is 13.7 Å². The quantitative estimate of drug-likeness (QED) is 0.675. The fourth-order valence-corrected chi connectivity index (χ4v) is 0.722. The molecule has 0 spiro atoms. The number of rotatable bonds is 5. The Morgan fingerprint density at radius 3 is 2.60 bits per heavy atom. The number of urea groups is 1. The van der Waals surface area contributed by atoms with Gasteiger partial charge in [0.2, 0.25) is 0 Å². The zero-order valence-electron chi connectivity index (χ0n) is 9.42. The summed E-state index contributed by atoms with van der Waals surface area (Å²) in [5.41, 5.74) is 1.08. The predicted molar refractivity (Wildman–Crippen MR) is 57.2 cm³/mol. The van der Waals surface area contributed by atoms with Crippen LogP contribution >= 0.6 is 0 Å². The molecule has 86 valence electrons. The topological polar surface area (TPSA) is 67.4 Å². The zero-order valence-corrected chi connectivity index (χ0v) is 9.42. The van der Waals surface area contributed by atoms with Crippen molar-refractivity contribution >= 4 is 12.0 Å². The molecule has 0 aliphatic carbocycles. The van der Waals surface area contributed by atoms with E-state index in [4.69, 9.17) is 0 Å². The van der Waals surface area contributed by atoms with Crippen molar-refractivity contribution < 1.29 is 14.3 Å². The summed E-state index contributed by atoms with van der Waals surface area (Å²) in [5, 5.41) is 5.09. The van der Waals surface area contributed by atoms with Gasteiger partial charge in [-0.1, -0.05) is 12.5 Å². The van der Waals surface area contributed by atoms with Gasteiger partial charge in [0.25, 0.3) is 0 Å². The summed E-state index contributed by atoms with van der Waals surface area (Å²) in [4.78, 5) is 21.8. The smallest absolute Gasteiger partial charge is 0.318 e. The predicted octanol–water partition coefficient (Wildman–Crippen LogP) is 1.16. The average molecular weight is 214 g/mol. The average Bonchev–Trinajstić information content (AvgIpc) is 2.25. The van der Waals surface area contributed by atoms with Gasteiger partial charge in [-0.25, -0.2) is 4.79 Å². The lowest BCUT2D eigenvalue weighted by Crippen LogP contribution is -2.33. The Bertz CT molecular complexity index is 249. The van der Waals surface area contributed by atoms with Crippen molar-refractivity contribution in [3.8, 4) is 0 Å². The maximum Gasteiger partial charge on any atom is 0.318 e. The molecular formula is C10H18N2O3. The van der Waals surface area contributed by atoms with Crippen molar-refractivity contribution in [3.05, 3.63) is 11.8 Å². The van der Waals surface area contributed by atoms with E-state index in [1.54, 1.807) is 6.20 Å². The van der Waals surface area contributed by atoms with Crippen LogP contribution < -0.4 is 10.6 Å². The molecule has 2 N–H and O–H groups in total. The normalized spacial score (nSPS) is 10.7. The summed E-state index contributed by atoms with van der Waals surface area (Å²) in [6.07, 6.45) is 2.72. The van der Waals surface area contributed by atoms with Crippen LogP contribution in [0.25, 0.3) is 0 Å². The SMILES string of the molecule is CC/C(C)=C/NC(=O)NCCC(=O)OC. The summed E-state index contributed by atoms with van der Waals surface area (Å²) in [7, 11) is 1.32. The molecule has 5 heteroatoms. The van der Waals surface area contributed by atoms with E-state index in [9.17, 15) is 9.59 Å². The molecule has 0 saturated heterocycles. The first-order valence-corrected chi connectivity index (χ1v) is 4.87. The lowest BCUT2D eigenvalue weighted by atomic mass is 10.3. The van der Waals surface area contributed by atoms with Crippen molar-refractivity contribution in [1.29, 1.82) is 0 Å². The van der Waals surface area contributed by atoms with Gasteiger partial charge in [-0.05, 0) is 13.3 Å². The number of ether oxygens (including phenoxy) is 1. The largest absolute Gasteiger partial charge is 0.469 e. The fourth-order valence-electron chi connectivity index (χ4n) is 0.722. The van der Waals surface area contributed by atoms with Gasteiger partial charge in [0.15, 0.2) is 0 Å². The number of allylic oxidation sites excluding steroid dienone is 1. The Morgan fingerprint density at radius 1 is 1.40 bits per heavy atom. The number of carbonyl (C=O) groups is 2. The summed E-state index contributed by atoms with van der Waals surface area (Å²) in [6, 6.07) is -0.313. The van der Waals surface area contributed by atoms with Gasteiger partial charge in [-0.15, -0.1) is 0 Å². The molecule has 0 aromatic carbocycles. The van der Waals surface area contributed by atoms with Crippen LogP contribution in [0.2, 0.25) is 0 Å².